The predicted molar refractivity (Wildman–Crippen MR) is 48.1 cm³/mol. The molecule has 0 spiro atoms. The molecule has 1 rings (SSSR count). The molecule has 0 N–H and O–H groups in total. The minimum absolute atomic E-state index is 0.0490. The molecule has 0 aliphatic heterocycles. The molecule has 82 valence electrons. The first-order valence-corrected chi connectivity index (χ1v) is 4.39. The second kappa shape index (κ2) is 4.53. The van der Waals surface area contributed by atoms with E-state index in [2.05, 4.69) is 4.74 Å². The number of hydrogen-bond acceptors (Lipinski definition) is 2. The molecule has 0 fully saturated rings. The quantitative estimate of drug-likeness (QED) is 0.597. The van der Waals surface area contributed by atoms with Crippen molar-refractivity contribution in [2.45, 2.75) is 12.2 Å². The molecule has 0 bridgehead atoms. The Labute approximate surface area is 88.6 Å². The molecule has 1 aromatic rings. The normalized spacial score (nSPS) is 11.2. The van der Waals surface area contributed by atoms with Crippen molar-refractivity contribution in [1.29, 1.82) is 0 Å². The second-order valence-corrected chi connectivity index (χ2v) is 2.94. The molecule has 0 aromatic heterocycles. The lowest BCUT2D eigenvalue weighted by Crippen LogP contribution is -2.18. The van der Waals surface area contributed by atoms with Gasteiger partial charge in [0.1, 0.15) is 5.75 Å². The molecule has 0 heterocycles. The van der Waals surface area contributed by atoms with Crippen LogP contribution in [0.5, 0.6) is 5.75 Å². The zero-order valence-corrected chi connectivity index (χ0v) is 8.10. The van der Waals surface area contributed by atoms with Crippen molar-refractivity contribution >= 4 is 17.9 Å². The van der Waals surface area contributed by atoms with Gasteiger partial charge < -0.3 is 4.74 Å². The van der Waals surface area contributed by atoms with Crippen molar-refractivity contribution in [3.8, 4) is 5.75 Å². The van der Waals surface area contributed by atoms with Gasteiger partial charge >= 0.3 is 6.36 Å². The molecule has 0 unspecified atom stereocenters. The van der Waals surface area contributed by atoms with Gasteiger partial charge in [0.25, 0.3) is 0 Å². The van der Waals surface area contributed by atoms with E-state index in [0.29, 0.717) is 11.8 Å². The van der Waals surface area contributed by atoms with E-state index in [1.165, 1.54) is 12.1 Å². The van der Waals surface area contributed by atoms with E-state index in [-0.39, 0.29) is 11.4 Å². The zero-order chi connectivity index (χ0) is 11.5. The van der Waals surface area contributed by atoms with Crippen LogP contribution in [0.15, 0.2) is 18.2 Å². The molecular weight excluding hydrogens is 233 g/mol. The number of aldehydes is 1. The number of halogens is 4. The van der Waals surface area contributed by atoms with E-state index in [1.807, 2.05) is 0 Å². The fourth-order valence-corrected chi connectivity index (χ4v) is 1.14. The van der Waals surface area contributed by atoms with Crippen molar-refractivity contribution in [1.82, 2.24) is 0 Å². The van der Waals surface area contributed by atoms with Gasteiger partial charge in [-0.3, -0.25) is 4.79 Å². The van der Waals surface area contributed by atoms with Crippen molar-refractivity contribution in [2.24, 2.45) is 0 Å². The molecule has 0 atom stereocenters. The van der Waals surface area contributed by atoms with E-state index in [1.54, 1.807) is 0 Å². The summed E-state index contributed by atoms with van der Waals surface area (Å²) in [6.07, 6.45) is -4.53. The van der Waals surface area contributed by atoms with Gasteiger partial charge in [0.15, 0.2) is 6.29 Å². The van der Waals surface area contributed by atoms with Crippen LogP contribution in [0.1, 0.15) is 15.9 Å². The van der Waals surface area contributed by atoms with Gasteiger partial charge in [-0.05, 0) is 17.7 Å². The molecule has 2 nitrogen and oxygen atoms in total. The molecule has 0 aliphatic carbocycles. The van der Waals surface area contributed by atoms with Crippen molar-refractivity contribution < 1.29 is 22.7 Å². The van der Waals surface area contributed by atoms with Crippen molar-refractivity contribution in [3.05, 3.63) is 29.3 Å². The third kappa shape index (κ3) is 3.43. The van der Waals surface area contributed by atoms with Crippen LogP contribution in [0.2, 0.25) is 0 Å². The Balaban J connectivity index is 3.06. The fourth-order valence-electron chi connectivity index (χ4n) is 0.972. The van der Waals surface area contributed by atoms with Gasteiger partial charge in [-0.2, -0.15) is 0 Å². The summed E-state index contributed by atoms with van der Waals surface area (Å²) in [4.78, 5) is 10.4. The van der Waals surface area contributed by atoms with Crippen LogP contribution < -0.4 is 4.74 Å². The topological polar surface area (TPSA) is 26.3 Å². The van der Waals surface area contributed by atoms with Gasteiger partial charge in [-0.15, -0.1) is 24.8 Å². The average molecular weight is 239 g/mol. The summed E-state index contributed by atoms with van der Waals surface area (Å²) in [5.74, 6) is -0.483. The fraction of sp³-hybridized carbons (Fsp3) is 0.222. The van der Waals surface area contributed by atoms with Gasteiger partial charge in [-0.1, -0.05) is 6.07 Å². The Morgan fingerprint density at radius 3 is 2.53 bits per heavy atom. The minimum Gasteiger partial charge on any atom is -0.405 e. The smallest absolute Gasteiger partial charge is 0.405 e. The van der Waals surface area contributed by atoms with E-state index in [9.17, 15) is 18.0 Å². The van der Waals surface area contributed by atoms with E-state index in [0.717, 1.165) is 6.07 Å². The number of benzene rings is 1. The maximum absolute atomic E-state index is 11.9. The summed E-state index contributed by atoms with van der Waals surface area (Å²) < 4.78 is 39.4. The highest BCUT2D eigenvalue weighted by atomic mass is 35.5. The number of alkyl halides is 4. The van der Waals surface area contributed by atoms with Crippen LogP contribution in [0.3, 0.4) is 0 Å². The number of carbonyl (C=O) groups excluding carboxylic acids is 1. The van der Waals surface area contributed by atoms with Crippen LogP contribution >= 0.6 is 11.6 Å². The van der Waals surface area contributed by atoms with Gasteiger partial charge in [0.05, 0.1) is 5.56 Å². The van der Waals surface area contributed by atoms with E-state index < -0.39 is 12.1 Å². The largest absolute Gasteiger partial charge is 0.573 e. The number of ether oxygens (including phenoxy) is 1. The zero-order valence-electron chi connectivity index (χ0n) is 7.34. The first kappa shape index (κ1) is 11.8. The third-order valence-electron chi connectivity index (χ3n) is 1.58. The Morgan fingerprint density at radius 1 is 1.40 bits per heavy atom. The van der Waals surface area contributed by atoms with Crippen molar-refractivity contribution in [3.63, 3.8) is 0 Å². The van der Waals surface area contributed by atoms with Gasteiger partial charge in [-0.25, -0.2) is 0 Å². The first-order valence-electron chi connectivity index (χ1n) is 3.86. The molecule has 15 heavy (non-hydrogen) atoms. The number of rotatable bonds is 3. The molecule has 1 aromatic carbocycles. The second-order valence-electron chi connectivity index (χ2n) is 2.67. The lowest BCUT2D eigenvalue weighted by atomic mass is 10.1. The lowest BCUT2D eigenvalue weighted by Gasteiger charge is -2.11. The highest BCUT2D eigenvalue weighted by Gasteiger charge is 2.32. The van der Waals surface area contributed by atoms with Crippen LogP contribution in [0, 0.1) is 0 Å². The summed E-state index contributed by atoms with van der Waals surface area (Å²) >= 11 is 5.44. The number of carbonyl (C=O) groups is 1. The van der Waals surface area contributed by atoms with Gasteiger partial charge in [0, 0.05) is 5.88 Å². The Hall–Kier alpha value is -1.23. The standard InChI is InChI=1S/C9H6ClF3O2/c10-4-6-1-2-7(5-14)8(3-6)15-9(11,12)13/h1-3,5H,4H2. The summed E-state index contributed by atoms with van der Waals surface area (Å²) in [7, 11) is 0. The van der Waals surface area contributed by atoms with Crippen molar-refractivity contribution in [2.75, 3.05) is 0 Å². The highest BCUT2D eigenvalue weighted by molar-refractivity contribution is 6.17. The van der Waals surface area contributed by atoms with Gasteiger partial charge in [0.2, 0.25) is 0 Å². The highest BCUT2D eigenvalue weighted by Crippen LogP contribution is 2.27. The monoisotopic (exact) mass is 238 g/mol. The summed E-state index contributed by atoms with van der Waals surface area (Å²) in [6.45, 7) is 0. The van der Waals surface area contributed by atoms with Crippen LogP contribution in [-0.2, 0) is 5.88 Å². The van der Waals surface area contributed by atoms with Crippen LogP contribution in [0.25, 0.3) is 0 Å². The minimum atomic E-state index is -4.82. The summed E-state index contributed by atoms with van der Waals surface area (Å²) in [5.41, 5.74) is 0.280. The Morgan fingerprint density at radius 2 is 2.07 bits per heavy atom. The Kier molecular flexibility index (Phi) is 3.57. The SMILES string of the molecule is O=Cc1ccc(CCl)cc1OC(F)(F)F. The molecule has 0 aliphatic rings. The molecule has 0 saturated heterocycles. The predicted octanol–water partition coefficient (Wildman–Crippen LogP) is 3.14. The Bertz CT molecular complexity index is 363. The summed E-state index contributed by atoms with van der Waals surface area (Å²) in [6, 6.07) is 3.77. The van der Waals surface area contributed by atoms with E-state index in [4.69, 9.17) is 11.6 Å². The average Bonchev–Trinajstić information content (AvgIpc) is 2.15. The van der Waals surface area contributed by atoms with Crippen LogP contribution in [0.4, 0.5) is 13.2 Å². The first-order chi connectivity index (χ1) is 6.96. The maximum Gasteiger partial charge on any atom is 0.573 e. The van der Waals surface area contributed by atoms with E-state index >= 15 is 0 Å². The molecule has 0 amide bonds. The molecule has 0 radical (unpaired) electrons. The maximum atomic E-state index is 11.9. The number of hydrogen-bond donors (Lipinski definition) is 0. The molecular formula is C9H6ClF3O2. The van der Waals surface area contributed by atoms with Crippen LogP contribution in [-0.4, -0.2) is 12.6 Å². The molecule has 0 saturated carbocycles. The molecule has 6 heteroatoms. The summed E-state index contributed by atoms with van der Waals surface area (Å²) in [5, 5.41) is 0. The lowest BCUT2D eigenvalue weighted by molar-refractivity contribution is -0.274. The third-order valence-corrected chi connectivity index (χ3v) is 1.89.